The van der Waals surface area contributed by atoms with Crippen LogP contribution >= 0.6 is 11.8 Å². The molecule has 0 saturated heterocycles. The van der Waals surface area contributed by atoms with Crippen molar-refractivity contribution in [3.05, 3.63) is 41.5 Å². The third-order valence-corrected chi connectivity index (χ3v) is 8.87. The van der Waals surface area contributed by atoms with Gasteiger partial charge in [-0.2, -0.15) is 11.8 Å². The Morgan fingerprint density at radius 3 is 2.28 bits per heavy atom. The van der Waals surface area contributed by atoms with Crippen molar-refractivity contribution in [2.75, 3.05) is 11.5 Å². The maximum atomic E-state index is 12.2. The van der Waals surface area contributed by atoms with Gasteiger partial charge in [-0.15, -0.1) is 0 Å². The van der Waals surface area contributed by atoms with Crippen LogP contribution < -0.4 is 5.73 Å². The lowest BCUT2D eigenvalue weighted by Crippen LogP contribution is -2.12. The van der Waals surface area contributed by atoms with Crippen molar-refractivity contribution in [1.29, 1.82) is 0 Å². The second kappa shape index (κ2) is 16.5. The summed E-state index contributed by atoms with van der Waals surface area (Å²) in [5.41, 5.74) is 12.6. The largest absolute Gasteiger partial charge is 0.397 e. The number of benzene rings is 2. The van der Waals surface area contributed by atoms with Crippen LogP contribution in [0.15, 0.2) is 40.6 Å². The van der Waals surface area contributed by atoms with E-state index in [1.54, 1.807) is 13.8 Å². The molecule has 3 aromatic rings. The molecular formula is C34H48N4O4S. The maximum Gasteiger partial charge on any atom is 0.337 e. The summed E-state index contributed by atoms with van der Waals surface area (Å²) in [6, 6.07) is 10.3. The monoisotopic (exact) mass is 608 g/mol. The Hall–Kier alpha value is -3.33. The normalized spacial score (nSPS) is 13.2. The van der Waals surface area contributed by atoms with Crippen molar-refractivity contribution in [1.82, 2.24) is 4.57 Å². The van der Waals surface area contributed by atoms with Gasteiger partial charge in [0.1, 0.15) is 0 Å². The van der Waals surface area contributed by atoms with Crippen molar-refractivity contribution in [2.45, 2.75) is 105 Å². The minimum absolute atomic E-state index is 0.261. The number of thioether (sulfide) groups is 1. The number of hydrogen-bond donors (Lipinski definition) is 1. The molecule has 0 spiro atoms. The molecule has 2 aromatic carbocycles. The molecule has 0 saturated carbocycles. The minimum Gasteiger partial charge on any atom is -0.397 e. The third kappa shape index (κ3) is 8.85. The Labute approximate surface area is 260 Å². The van der Waals surface area contributed by atoms with Crippen LogP contribution in [-0.2, 0) is 25.8 Å². The van der Waals surface area contributed by atoms with Crippen LogP contribution in [0.4, 0.5) is 5.69 Å². The van der Waals surface area contributed by atoms with E-state index < -0.39 is 5.97 Å². The summed E-state index contributed by atoms with van der Waals surface area (Å²) in [6.45, 7) is 14.4. The molecule has 1 atom stereocenters. The Morgan fingerprint density at radius 1 is 0.930 bits per heavy atom. The number of nitrogens with zero attached hydrogens (tertiary/aromatic N) is 3. The lowest BCUT2D eigenvalue weighted by Gasteiger charge is -2.15. The Morgan fingerprint density at radius 2 is 1.65 bits per heavy atom. The number of carbonyl (C=O) groups is 2. The van der Waals surface area contributed by atoms with Gasteiger partial charge in [0.2, 0.25) is 0 Å². The first-order valence-corrected chi connectivity index (χ1v) is 16.7. The maximum absolute atomic E-state index is 12.2. The van der Waals surface area contributed by atoms with E-state index in [1.165, 1.54) is 6.92 Å². The van der Waals surface area contributed by atoms with E-state index in [4.69, 9.17) is 15.4 Å². The second-order valence-electron chi connectivity index (χ2n) is 11.3. The molecule has 0 fully saturated rings. The first-order valence-electron chi connectivity index (χ1n) is 15.6. The van der Waals surface area contributed by atoms with Crippen LogP contribution in [0.3, 0.4) is 0 Å². The number of aryl methyl sites for hydroxylation is 1. The zero-order chi connectivity index (χ0) is 31.5. The van der Waals surface area contributed by atoms with E-state index in [2.05, 4.69) is 60.8 Å². The summed E-state index contributed by atoms with van der Waals surface area (Å²) >= 11 is 1.83. The Balaban J connectivity index is 2.20. The quantitative estimate of drug-likeness (QED) is 0.0756. The highest BCUT2D eigenvalue weighted by Gasteiger charge is 2.19. The second-order valence-corrected chi connectivity index (χ2v) is 12.6. The standard InChI is InChI=1S/C34H48N4O4S/c1-8-12-14-30(36-42-34(40)22(5)6)24-15-16-32-27(18-24)28-19-25(20-29(35)33(28)38(32)17-10-3)31(37-41-23(7)39)21-43-26(11-4)13-9-2/h15-16,18-20,22,26H,8-14,17,21,35H2,1-7H3/b36-30+,37-31+. The van der Waals surface area contributed by atoms with E-state index in [0.717, 1.165) is 83.7 Å². The molecule has 234 valence electrons. The average molecular weight is 609 g/mol. The number of nitrogen functional groups attached to an aromatic ring is 1. The molecule has 8 nitrogen and oxygen atoms in total. The van der Waals surface area contributed by atoms with Crippen LogP contribution in [0, 0.1) is 5.92 Å². The van der Waals surface area contributed by atoms with Crippen LogP contribution in [0.5, 0.6) is 0 Å². The molecule has 0 aliphatic carbocycles. The molecule has 1 aromatic heterocycles. The molecule has 43 heavy (non-hydrogen) atoms. The van der Waals surface area contributed by atoms with Crippen molar-refractivity contribution in [3.63, 3.8) is 0 Å². The lowest BCUT2D eigenvalue weighted by molar-refractivity contribution is -0.147. The zero-order valence-corrected chi connectivity index (χ0v) is 27.7. The highest BCUT2D eigenvalue weighted by atomic mass is 32.2. The van der Waals surface area contributed by atoms with E-state index in [1.807, 2.05) is 23.9 Å². The van der Waals surface area contributed by atoms with Gasteiger partial charge in [0.25, 0.3) is 0 Å². The third-order valence-electron chi connectivity index (χ3n) is 7.39. The summed E-state index contributed by atoms with van der Waals surface area (Å²) in [4.78, 5) is 34.4. The van der Waals surface area contributed by atoms with Gasteiger partial charge < -0.3 is 20.0 Å². The fraction of sp³-hybridized carbons (Fsp3) is 0.529. The summed E-state index contributed by atoms with van der Waals surface area (Å²) in [5.74, 6) is -0.472. The molecule has 3 rings (SSSR count). The lowest BCUT2D eigenvalue weighted by atomic mass is 10.0. The average Bonchev–Trinajstić information content (AvgIpc) is 3.29. The van der Waals surface area contributed by atoms with Crippen LogP contribution in [0.25, 0.3) is 21.8 Å². The molecule has 0 bridgehead atoms. The molecule has 0 aliphatic rings. The predicted octanol–water partition coefficient (Wildman–Crippen LogP) is 8.46. The van der Waals surface area contributed by atoms with Gasteiger partial charge in [0.05, 0.1) is 28.5 Å². The van der Waals surface area contributed by atoms with Crippen LogP contribution in [0.1, 0.15) is 105 Å². The first kappa shape index (κ1) is 34.2. The molecule has 0 aliphatic heterocycles. The van der Waals surface area contributed by atoms with Crippen LogP contribution in [-0.4, -0.2) is 38.9 Å². The van der Waals surface area contributed by atoms with Crippen molar-refractivity contribution in [3.8, 4) is 0 Å². The van der Waals surface area contributed by atoms with E-state index in [0.29, 0.717) is 28.8 Å². The van der Waals surface area contributed by atoms with Gasteiger partial charge in [0.15, 0.2) is 0 Å². The van der Waals surface area contributed by atoms with Crippen molar-refractivity contribution in [2.24, 2.45) is 16.2 Å². The van der Waals surface area contributed by atoms with E-state index in [9.17, 15) is 9.59 Å². The van der Waals surface area contributed by atoms with Gasteiger partial charge in [-0.3, -0.25) is 0 Å². The number of fused-ring (bicyclic) bond motifs is 3. The molecule has 0 radical (unpaired) electrons. The van der Waals surface area contributed by atoms with E-state index >= 15 is 0 Å². The number of aromatic nitrogens is 1. The smallest absolute Gasteiger partial charge is 0.337 e. The Kier molecular flexibility index (Phi) is 13.1. The van der Waals surface area contributed by atoms with Crippen molar-refractivity contribution < 1.29 is 19.3 Å². The fourth-order valence-electron chi connectivity index (χ4n) is 5.07. The number of oxime groups is 2. The van der Waals surface area contributed by atoms with Gasteiger partial charge in [-0.05, 0) is 56.4 Å². The molecule has 9 heteroatoms. The minimum atomic E-state index is -0.460. The van der Waals surface area contributed by atoms with Gasteiger partial charge in [0, 0.05) is 51.9 Å². The molecule has 2 N–H and O–H groups in total. The highest BCUT2D eigenvalue weighted by molar-refractivity contribution is 8.00. The van der Waals surface area contributed by atoms with E-state index in [-0.39, 0.29) is 11.9 Å². The fourth-order valence-corrected chi connectivity index (χ4v) is 6.32. The number of carbonyl (C=O) groups excluding carboxylic acids is 2. The predicted molar refractivity (Wildman–Crippen MR) is 181 cm³/mol. The van der Waals surface area contributed by atoms with Crippen molar-refractivity contribution >= 4 is 62.6 Å². The first-order chi connectivity index (χ1) is 20.6. The summed E-state index contributed by atoms with van der Waals surface area (Å²) in [7, 11) is 0. The van der Waals surface area contributed by atoms with Gasteiger partial charge in [-0.1, -0.05) is 70.8 Å². The highest BCUT2D eigenvalue weighted by Crippen LogP contribution is 2.36. The van der Waals surface area contributed by atoms with Gasteiger partial charge >= 0.3 is 11.9 Å². The zero-order valence-electron chi connectivity index (χ0n) is 26.9. The topological polar surface area (TPSA) is 108 Å². The van der Waals surface area contributed by atoms with Crippen LogP contribution in [0.2, 0.25) is 0 Å². The molecule has 1 heterocycles. The number of hydrogen-bond acceptors (Lipinski definition) is 8. The molecule has 1 unspecified atom stereocenters. The number of nitrogens with two attached hydrogens (primary N) is 1. The number of unbranched alkanes of at least 4 members (excludes halogenated alkanes) is 1. The SMILES string of the molecule is CCCC/C(=N\OC(=O)C(C)C)c1ccc2c(c1)c1cc(/C(CSC(CC)CCC)=N/OC(C)=O)cc(N)c1n2CCC. The number of anilines is 1. The summed E-state index contributed by atoms with van der Waals surface area (Å²) in [6.07, 6.45) is 6.85. The molecular weight excluding hydrogens is 560 g/mol. The Bertz CT molecular complexity index is 1470. The van der Waals surface area contributed by atoms with Gasteiger partial charge in [-0.25, -0.2) is 9.59 Å². The summed E-state index contributed by atoms with van der Waals surface area (Å²) in [5, 5.41) is 11.1. The molecule has 0 amide bonds. The number of rotatable bonds is 16. The summed E-state index contributed by atoms with van der Waals surface area (Å²) < 4.78 is 2.27.